The summed E-state index contributed by atoms with van der Waals surface area (Å²) < 4.78 is 0. The van der Waals surface area contributed by atoms with Crippen molar-refractivity contribution in [2.24, 2.45) is 5.92 Å². The molecule has 0 aliphatic carbocycles. The van der Waals surface area contributed by atoms with Crippen molar-refractivity contribution in [3.63, 3.8) is 0 Å². The maximum atomic E-state index is 11.9. The van der Waals surface area contributed by atoms with Crippen LogP contribution in [0, 0.1) is 19.8 Å². The van der Waals surface area contributed by atoms with Crippen molar-refractivity contribution in [2.75, 3.05) is 32.8 Å². The minimum Gasteiger partial charge on any atom is -0.396 e. The van der Waals surface area contributed by atoms with Gasteiger partial charge >= 0.3 is 0 Å². The van der Waals surface area contributed by atoms with Crippen LogP contribution in [0.25, 0.3) is 0 Å². The number of aromatic nitrogens is 2. The van der Waals surface area contributed by atoms with Crippen molar-refractivity contribution in [1.82, 2.24) is 20.4 Å². The van der Waals surface area contributed by atoms with E-state index in [0.717, 1.165) is 55.8 Å². The second-order valence-electron chi connectivity index (χ2n) is 6.25. The lowest BCUT2D eigenvalue weighted by molar-refractivity contribution is -0.121. The molecule has 1 saturated heterocycles. The van der Waals surface area contributed by atoms with Gasteiger partial charge in [0.25, 0.3) is 0 Å². The fourth-order valence-electron chi connectivity index (χ4n) is 3.13. The van der Waals surface area contributed by atoms with Gasteiger partial charge in [0.05, 0.1) is 5.69 Å². The van der Waals surface area contributed by atoms with E-state index in [9.17, 15) is 9.90 Å². The molecule has 124 valence electrons. The number of hydrogen-bond acceptors (Lipinski definition) is 4. The number of nitrogens with one attached hydrogen (secondary N) is 2. The van der Waals surface area contributed by atoms with Crippen LogP contribution in [0.4, 0.5) is 0 Å². The number of aliphatic hydroxyl groups is 1. The molecule has 2 heterocycles. The Morgan fingerprint density at radius 3 is 3.00 bits per heavy atom. The third-order valence-corrected chi connectivity index (χ3v) is 4.49. The highest BCUT2D eigenvalue weighted by molar-refractivity contribution is 5.76. The number of aryl methyl sites for hydroxylation is 2. The Morgan fingerprint density at radius 1 is 1.50 bits per heavy atom. The number of aromatic amines is 1. The third kappa shape index (κ3) is 4.81. The van der Waals surface area contributed by atoms with Crippen LogP contribution in [0.1, 0.15) is 36.2 Å². The molecular weight excluding hydrogens is 280 g/mol. The van der Waals surface area contributed by atoms with Crippen molar-refractivity contribution >= 4 is 5.91 Å². The molecule has 22 heavy (non-hydrogen) atoms. The van der Waals surface area contributed by atoms with Gasteiger partial charge in [0.15, 0.2) is 0 Å². The van der Waals surface area contributed by atoms with Crippen LogP contribution in [0.2, 0.25) is 0 Å². The molecule has 1 aromatic rings. The van der Waals surface area contributed by atoms with Gasteiger partial charge in [-0.3, -0.25) is 9.89 Å². The molecule has 1 unspecified atom stereocenters. The molecule has 0 radical (unpaired) electrons. The topological polar surface area (TPSA) is 81.2 Å². The minimum atomic E-state index is 0.0933. The quantitative estimate of drug-likeness (QED) is 0.695. The summed E-state index contributed by atoms with van der Waals surface area (Å²) in [4.78, 5) is 14.3. The van der Waals surface area contributed by atoms with E-state index in [1.54, 1.807) is 0 Å². The number of hydrogen-bond donors (Lipinski definition) is 3. The van der Waals surface area contributed by atoms with Crippen molar-refractivity contribution in [1.29, 1.82) is 0 Å². The lowest BCUT2D eigenvalue weighted by Gasteiger charge is -2.31. The maximum absolute atomic E-state index is 11.9. The second kappa shape index (κ2) is 8.29. The Kier molecular flexibility index (Phi) is 6.39. The predicted molar refractivity (Wildman–Crippen MR) is 85.6 cm³/mol. The average Bonchev–Trinajstić information content (AvgIpc) is 2.84. The summed E-state index contributed by atoms with van der Waals surface area (Å²) in [5, 5.41) is 19.3. The predicted octanol–water partition coefficient (Wildman–Crippen LogP) is 0.780. The molecule has 0 saturated carbocycles. The first-order valence-corrected chi connectivity index (χ1v) is 8.20. The van der Waals surface area contributed by atoms with Crippen molar-refractivity contribution in [3.8, 4) is 0 Å². The molecule has 1 fully saturated rings. The molecule has 0 aromatic carbocycles. The highest BCUT2D eigenvalue weighted by Crippen LogP contribution is 2.15. The van der Waals surface area contributed by atoms with Crippen LogP contribution < -0.4 is 5.32 Å². The Hall–Kier alpha value is -1.40. The van der Waals surface area contributed by atoms with E-state index in [2.05, 4.69) is 20.4 Å². The van der Waals surface area contributed by atoms with E-state index in [1.807, 2.05) is 13.8 Å². The Labute approximate surface area is 132 Å². The SMILES string of the molecule is Cc1n[nH]c(C)c1CCC(=O)NCCN1CCCC(CO)C1. The largest absolute Gasteiger partial charge is 0.396 e. The van der Waals surface area contributed by atoms with Gasteiger partial charge < -0.3 is 15.3 Å². The zero-order valence-corrected chi connectivity index (χ0v) is 13.7. The zero-order chi connectivity index (χ0) is 15.9. The summed E-state index contributed by atoms with van der Waals surface area (Å²) in [6.45, 7) is 7.78. The van der Waals surface area contributed by atoms with Crippen molar-refractivity contribution in [2.45, 2.75) is 39.5 Å². The number of carbonyl (C=O) groups excluding carboxylic acids is 1. The third-order valence-electron chi connectivity index (χ3n) is 4.49. The summed E-state index contributed by atoms with van der Waals surface area (Å²) in [5.41, 5.74) is 3.18. The molecule has 1 amide bonds. The standard InChI is InChI=1S/C16H28N4O2/c1-12-15(13(2)19-18-12)5-6-16(22)17-7-9-20-8-3-4-14(10-20)11-21/h14,21H,3-11H2,1-2H3,(H,17,22)(H,18,19). The van der Waals surface area contributed by atoms with Gasteiger partial charge in [-0.05, 0) is 51.1 Å². The number of aliphatic hydroxyl groups excluding tert-OH is 1. The van der Waals surface area contributed by atoms with Gasteiger partial charge in [0.1, 0.15) is 0 Å². The first-order valence-electron chi connectivity index (χ1n) is 8.20. The van der Waals surface area contributed by atoms with Crippen molar-refractivity contribution < 1.29 is 9.90 Å². The molecule has 1 aliphatic rings. The van der Waals surface area contributed by atoms with Gasteiger partial charge in [0.2, 0.25) is 5.91 Å². The smallest absolute Gasteiger partial charge is 0.220 e. The van der Waals surface area contributed by atoms with Crippen LogP contribution in [0.5, 0.6) is 0 Å². The Bertz CT molecular complexity index is 467. The van der Waals surface area contributed by atoms with E-state index < -0.39 is 0 Å². The van der Waals surface area contributed by atoms with Crippen LogP contribution in [0.3, 0.4) is 0 Å². The number of nitrogens with zero attached hydrogens (tertiary/aromatic N) is 2. The molecule has 1 aromatic heterocycles. The van der Waals surface area contributed by atoms with Gasteiger partial charge in [0, 0.05) is 38.4 Å². The summed E-state index contributed by atoms with van der Waals surface area (Å²) in [7, 11) is 0. The molecule has 1 aliphatic heterocycles. The summed E-state index contributed by atoms with van der Waals surface area (Å²) >= 11 is 0. The highest BCUT2D eigenvalue weighted by atomic mass is 16.3. The summed E-state index contributed by atoms with van der Waals surface area (Å²) in [6.07, 6.45) is 3.48. The zero-order valence-electron chi connectivity index (χ0n) is 13.7. The van der Waals surface area contributed by atoms with Crippen LogP contribution >= 0.6 is 0 Å². The number of rotatable bonds is 7. The Balaban J connectivity index is 1.64. The second-order valence-corrected chi connectivity index (χ2v) is 6.25. The fourth-order valence-corrected chi connectivity index (χ4v) is 3.13. The van der Waals surface area contributed by atoms with Crippen LogP contribution in [-0.2, 0) is 11.2 Å². The highest BCUT2D eigenvalue weighted by Gasteiger charge is 2.18. The van der Waals surface area contributed by atoms with E-state index in [4.69, 9.17) is 0 Å². The molecule has 6 heteroatoms. The van der Waals surface area contributed by atoms with Gasteiger partial charge in [-0.1, -0.05) is 0 Å². The first kappa shape index (κ1) is 17.0. The molecule has 0 bridgehead atoms. The van der Waals surface area contributed by atoms with E-state index in [0.29, 0.717) is 18.9 Å². The molecule has 0 spiro atoms. The maximum Gasteiger partial charge on any atom is 0.220 e. The van der Waals surface area contributed by atoms with E-state index >= 15 is 0 Å². The lowest BCUT2D eigenvalue weighted by Crippen LogP contribution is -2.41. The van der Waals surface area contributed by atoms with Gasteiger partial charge in [-0.2, -0.15) is 5.10 Å². The minimum absolute atomic E-state index is 0.0933. The van der Waals surface area contributed by atoms with E-state index in [-0.39, 0.29) is 12.5 Å². The van der Waals surface area contributed by atoms with Gasteiger partial charge in [-0.15, -0.1) is 0 Å². The van der Waals surface area contributed by atoms with Crippen molar-refractivity contribution in [3.05, 3.63) is 17.0 Å². The number of piperidine rings is 1. The molecule has 2 rings (SSSR count). The normalized spacial score (nSPS) is 19.3. The summed E-state index contributed by atoms with van der Waals surface area (Å²) in [5.74, 6) is 0.493. The number of likely N-dealkylation sites (tertiary alicyclic amines) is 1. The van der Waals surface area contributed by atoms with E-state index in [1.165, 1.54) is 0 Å². The summed E-state index contributed by atoms with van der Waals surface area (Å²) in [6, 6.07) is 0. The average molecular weight is 308 g/mol. The number of H-pyrrole nitrogens is 1. The molecule has 3 N–H and O–H groups in total. The monoisotopic (exact) mass is 308 g/mol. The van der Waals surface area contributed by atoms with Gasteiger partial charge in [-0.25, -0.2) is 0 Å². The van der Waals surface area contributed by atoms with Crippen LogP contribution in [0.15, 0.2) is 0 Å². The van der Waals surface area contributed by atoms with Crippen LogP contribution in [-0.4, -0.2) is 58.9 Å². The lowest BCUT2D eigenvalue weighted by atomic mass is 9.99. The fraction of sp³-hybridized carbons (Fsp3) is 0.750. The molecular formula is C16H28N4O2. The first-order chi connectivity index (χ1) is 10.6. The molecule has 1 atom stereocenters. The molecule has 6 nitrogen and oxygen atoms in total. The Morgan fingerprint density at radius 2 is 2.32 bits per heavy atom. The number of amides is 1. The number of carbonyl (C=O) groups is 1.